The van der Waals surface area contributed by atoms with Gasteiger partial charge in [0, 0.05) is 5.88 Å². The highest BCUT2D eigenvalue weighted by atomic mass is 35.5. The van der Waals surface area contributed by atoms with Gasteiger partial charge < -0.3 is 0 Å². The molecule has 19 heavy (non-hydrogen) atoms. The third-order valence-corrected chi connectivity index (χ3v) is 6.13. The van der Waals surface area contributed by atoms with Crippen LogP contribution in [0.3, 0.4) is 0 Å². The fourth-order valence-corrected chi connectivity index (χ4v) is 5.01. The largest absolute Gasteiger partial charge is 0.229 e. The Morgan fingerprint density at radius 1 is 1.42 bits per heavy atom. The average Bonchev–Trinajstić information content (AvgIpc) is 2.71. The summed E-state index contributed by atoms with van der Waals surface area (Å²) < 4.78 is 36.8. The Hall–Kier alpha value is -0.320. The van der Waals surface area contributed by atoms with Crippen LogP contribution < -0.4 is 0 Å². The van der Waals surface area contributed by atoms with Crippen LogP contribution in [0, 0.1) is 17.7 Å². The van der Waals surface area contributed by atoms with E-state index in [1.807, 2.05) is 0 Å². The zero-order valence-corrected chi connectivity index (χ0v) is 12.6. The van der Waals surface area contributed by atoms with E-state index >= 15 is 0 Å². The second-order valence-corrected chi connectivity index (χ2v) is 7.94. The quantitative estimate of drug-likeness (QED) is 0.796. The molecule has 2 rings (SSSR count). The second kappa shape index (κ2) is 5.98. The molecule has 1 aromatic rings. The van der Waals surface area contributed by atoms with Crippen LogP contribution in [-0.4, -0.2) is 25.8 Å². The van der Waals surface area contributed by atoms with Crippen molar-refractivity contribution >= 4 is 33.0 Å². The summed E-state index contributed by atoms with van der Waals surface area (Å²) in [5.74, 6) is 0.245. The lowest BCUT2D eigenvalue weighted by atomic mass is 9.88. The van der Waals surface area contributed by atoms with Crippen LogP contribution in [0.25, 0.3) is 0 Å². The van der Waals surface area contributed by atoms with Crippen molar-refractivity contribution < 1.29 is 12.8 Å². The first-order chi connectivity index (χ1) is 8.93. The van der Waals surface area contributed by atoms with E-state index in [-0.39, 0.29) is 28.4 Å². The van der Waals surface area contributed by atoms with Crippen molar-refractivity contribution in [3.05, 3.63) is 34.6 Å². The van der Waals surface area contributed by atoms with Crippen LogP contribution >= 0.6 is 23.2 Å². The number of benzene rings is 1. The molecule has 1 aliphatic rings. The van der Waals surface area contributed by atoms with Gasteiger partial charge in [-0.05, 0) is 36.3 Å². The van der Waals surface area contributed by atoms with Crippen molar-refractivity contribution in [3.63, 3.8) is 0 Å². The van der Waals surface area contributed by atoms with E-state index in [4.69, 9.17) is 23.2 Å². The smallest absolute Gasteiger partial charge is 0.150 e. The molecule has 1 fully saturated rings. The molecule has 0 amide bonds. The maximum atomic E-state index is 13.8. The number of hydrogen-bond donors (Lipinski definition) is 0. The summed E-state index contributed by atoms with van der Waals surface area (Å²) in [7, 11) is -2.94. The molecular formula is C13H15Cl2FO2S. The Morgan fingerprint density at radius 2 is 2.16 bits per heavy atom. The van der Waals surface area contributed by atoms with Crippen LogP contribution in [0.5, 0.6) is 0 Å². The zero-order chi connectivity index (χ0) is 14.0. The van der Waals surface area contributed by atoms with Gasteiger partial charge in [-0.1, -0.05) is 23.7 Å². The van der Waals surface area contributed by atoms with Crippen molar-refractivity contribution in [2.24, 2.45) is 11.8 Å². The van der Waals surface area contributed by atoms with Gasteiger partial charge in [0.05, 0.1) is 16.5 Å². The van der Waals surface area contributed by atoms with Gasteiger partial charge in [0.2, 0.25) is 0 Å². The van der Waals surface area contributed by atoms with Crippen molar-refractivity contribution in [2.75, 3.05) is 17.4 Å². The molecule has 2 atom stereocenters. The van der Waals surface area contributed by atoms with Gasteiger partial charge in [-0.2, -0.15) is 0 Å². The molecule has 2 unspecified atom stereocenters. The zero-order valence-electron chi connectivity index (χ0n) is 10.3. The maximum Gasteiger partial charge on any atom is 0.150 e. The van der Waals surface area contributed by atoms with E-state index < -0.39 is 15.7 Å². The molecule has 1 aliphatic heterocycles. The minimum absolute atomic E-state index is 0.0147. The molecule has 0 aliphatic carbocycles. The van der Waals surface area contributed by atoms with Crippen LogP contribution in [0.1, 0.15) is 12.0 Å². The molecule has 0 N–H and O–H groups in total. The highest BCUT2D eigenvalue weighted by Gasteiger charge is 2.33. The summed E-state index contributed by atoms with van der Waals surface area (Å²) in [6, 6.07) is 4.86. The Morgan fingerprint density at radius 3 is 2.74 bits per heavy atom. The summed E-state index contributed by atoms with van der Waals surface area (Å²) in [6.45, 7) is 0. The van der Waals surface area contributed by atoms with Gasteiger partial charge in [-0.3, -0.25) is 0 Å². The Labute approximate surface area is 122 Å². The molecule has 1 saturated heterocycles. The molecule has 0 saturated carbocycles. The summed E-state index contributed by atoms with van der Waals surface area (Å²) in [5, 5.41) is 0.0878. The lowest BCUT2D eigenvalue weighted by Gasteiger charge is -2.20. The van der Waals surface area contributed by atoms with Gasteiger partial charge in [0.1, 0.15) is 5.82 Å². The van der Waals surface area contributed by atoms with Gasteiger partial charge >= 0.3 is 0 Å². The molecule has 0 radical (unpaired) electrons. The fraction of sp³-hybridized carbons (Fsp3) is 0.538. The Bertz CT molecular complexity index is 560. The van der Waals surface area contributed by atoms with E-state index in [0.717, 1.165) is 0 Å². The van der Waals surface area contributed by atoms with Crippen LogP contribution in [0.2, 0.25) is 5.02 Å². The number of hydrogen-bond acceptors (Lipinski definition) is 2. The molecular weight excluding hydrogens is 310 g/mol. The van der Waals surface area contributed by atoms with Gasteiger partial charge in [0.15, 0.2) is 9.84 Å². The van der Waals surface area contributed by atoms with Crippen LogP contribution in [0.4, 0.5) is 4.39 Å². The van der Waals surface area contributed by atoms with Crippen molar-refractivity contribution in [1.82, 2.24) is 0 Å². The predicted molar refractivity (Wildman–Crippen MR) is 76.1 cm³/mol. The lowest BCUT2D eigenvalue weighted by molar-refractivity contribution is 0.392. The number of halogens is 3. The maximum absolute atomic E-state index is 13.8. The Balaban J connectivity index is 2.14. The van der Waals surface area contributed by atoms with Crippen molar-refractivity contribution in [2.45, 2.75) is 12.8 Å². The molecule has 2 nitrogen and oxygen atoms in total. The third-order valence-electron chi connectivity index (χ3n) is 3.65. The summed E-state index contributed by atoms with van der Waals surface area (Å²) >= 11 is 11.7. The fourth-order valence-electron chi connectivity index (χ4n) is 2.53. The standard InChI is InChI=1S/C13H15Cl2FO2S/c14-7-11(10-4-5-19(17,18)8-10)6-9-2-1-3-12(15)13(9)16/h1-3,10-11H,4-8H2. The van der Waals surface area contributed by atoms with E-state index in [1.165, 1.54) is 6.07 Å². The number of alkyl halides is 1. The molecule has 6 heteroatoms. The SMILES string of the molecule is O=S1(=O)CCC(C(CCl)Cc2cccc(Cl)c2F)C1. The summed E-state index contributed by atoms with van der Waals surface area (Å²) in [6.07, 6.45) is 1.04. The second-order valence-electron chi connectivity index (χ2n) is 4.99. The van der Waals surface area contributed by atoms with Gasteiger partial charge in [0.25, 0.3) is 0 Å². The molecule has 1 aromatic carbocycles. The number of rotatable bonds is 4. The average molecular weight is 325 g/mol. The molecule has 0 spiro atoms. The van der Waals surface area contributed by atoms with E-state index in [0.29, 0.717) is 24.3 Å². The lowest BCUT2D eigenvalue weighted by Crippen LogP contribution is -2.20. The first-order valence-corrected chi connectivity index (χ1v) is 8.85. The monoisotopic (exact) mass is 324 g/mol. The topological polar surface area (TPSA) is 34.1 Å². The normalized spacial score (nSPS) is 23.4. The minimum Gasteiger partial charge on any atom is -0.229 e. The minimum atomic E-state index is -2.94. The Kier molecular flexibility index (Phi) is 4.75. The molecule has 0 bridgehead atoms. The van der Waals surface area contributed by atoms with Crippen LogP contribution in [-0.2, 0) is 16.3 Å². The molecule has 1 heterocycles. The van der Waals surface area contributed by atoms with E-state index in [1.54, 1.807) is 12.1 Å². The van der Waals surface area contributed by atoms with E-state index in [2.05, 4.69) is 0 Å². The van der Waals surface area contributed by atoms with Gasteiger partial charge in [-0.15, -0.1) is 11.6 Å². The van der Waals surface area contributed by atoms with Crippen molar-refractivity contribution in [3.8, 4) is 0 Å². The summed E-state index contributed by atoms with van der Waals surface area (Å²) in [4.78, 5) is 0. The number of sulfone groups is 1. The highest BCUT2D eigenvalue weighted by Crippen LogP contribution is 2.31. The van der Waals surface area contributed by atoms with E-state index in [9.17, 15) is 12.8 Å². The first kappa shape index (κ1) is 15.1. The van der Waals surface area contributed by atoms with Crippen molar-refractivity contribution in [1.29, 1.82) is 0 Å². The third kappa shape index (κ3) is 3.61. The van der Waals surface area contributed by atoms with Crippen LogP contribution in [0.15, 0.2) is 18.2 Å². The van der Waals surface area contributed by atoms with Gasteiger partial charge in [-0.25, -0.2) is 12.8 Å². The first-order valence-electron chi connectivity index (χ1n) is 6.12. The molecule has 0 aromatic heterocycles. The predicted octanol–water partition coefficient (Wildman–Crippen LogP) is 3.31. The highest BCUT2D eigenvalue weighted by molar-refractivity contribution is 7.91. The summed E-state index contributed by atoms with van der Waals surface area (Å²) in [5.41, 5.74) is 0.502. The molecule has 106 valence electrons.